The van der Waals surface area contributed by atoms with E-state index >= 15 is 0 Å². The zero-order chi connectivity index (χ0) is 12.5. The molecular weight excluding hydrogens is 224 g/mol. The van der Waals surface area contributed by atoms with Crippen molar-refractivity contribution in [2.45, 2.75) is 6.92 Å². The number of aromatic nitrogens is 2. The van der Waals surface area contributed by atoms with Crippen molar-refractivity contribution in [2.75, 3.05) is 0 Å². The summed E-state index contributed by atoms with van der Waals surface area (Å²) in [5.74, 6) is 0. The van der Waals surface area contributed by atoms with Gasteiger partial charge in [-0.1, -0.05) is 29.8 Å². The van der Waals surface area contributed by atoms with Gasteiger partial charge in [0.1, 0.15) is 6.29 Å². The molecule has 1 aromatic carbocycles. The van der Waals surface area contributed by atoms with E-state index < -0.39 is 0 Å². The van der Waals surface area contributed by atoms with Crippen LogP contribution in [0.2, 0.25) is 0 Å². The number of hydrogen-bond donors (Lipinski definition) is 0. The van der Waals surface area contributed by atoms with E-state index in [0.717, 1.165) is 23.1 Å². The molecule has 0 saturated heterocycles. The molecule has 0 aliphatic rings. The molecule has 88 valence electrons. The predicted molar refractivity (Wildman–Crippen MR) is 70.8 cm³/mol. The van der Waals surface area contributed by atoms with Gasteiger partial charge in [0, 0.05) is 17.3 Å². The van der Waals surface area contributed by atoms with Crippen LogP contribution in [0.3, 0.4) is 0 Å². The maximum Gasteiger partial charge on any atom is 0.150 e. The fraction of sp³-hybridized carbons (Fsp3) is 0.0667. The highest BCUT2D eigenvalue weighted by atomic mass is 16.1. The Labute approximate surface area is 105 Å². The number of hydrogen-bond acceptors (Lipinski definition) is 2. The Hall–Kier alpha value is -2.42. The topological polar surface area (TPSA) is 34.4 Å². The average Bonchev–Trinajstić information content (AvgIpc) is 2.82. The summed E-state index contributed by atoms with van der Waals surface area (Å²) in [6.07, 6.45) is 2.65. The molecule has 3 heteroatoms. The van der Waals surface area contributed by atoms with Gasteiger partial charge in [-0.05, 0) is 25.1 Å². The van der Waals surface area contributed by atoms with Crippen LogP contribution in [0.4, 0.5) is 0 Å². The van der Waals surface area contributed by atoms with Crippen LogP contribution in [-0.2, 0) is 0 Å². The maximum absolute atomic E-state index is 10.7. The fourth-order valence-electron chi connectivity index (χ4n) is 1.95. The van der Waals surface area contributed by atoms with Crippen molar-refractivity contribution in [1.29, 1.82) is 0 Å². The largest absolute Gasteiger partial charge is 0.298 e. The molecule has 0 spiro atoms. The van der Waals surface area contributed by atoms with Crippen molar-refractivity contribution in [2.24, 2.45) is 0 Å². The molecular formula is C15H12N2O. The van der Waals surface area contributed by atoms with Gasteiger partial charge < -0.3 is 0 Å². The van der Waals surface area contributed by atoms with Gasteiger partial charge >= 0.3 is 0 Å². The number of fused-ring (bicyclic) bond motifs is 1. The van der Waals surface area contributed by atoms with Gasteiger partial charge in [0.2, 0.25) is 0 Å². The molecule has 0 amide bonds. The summed E-state index contributed by atoms with van der Waals surface area (Å²) in [7, 11) is 0. The van der Waals surface area contributed by atoms with E-state index in [0.29, 0.717) is 5.56 Å². The Kier molecular flexibility index (Phi) is 2.45. The summed E-state index contributed by atoms with van der Waals surface area (Å²) in [6.45, 7) is 2.06. The molecule has 3 rings (SSSR count). The molecule has 0 aliphatic carbocycles. The molecule has 2 aromatic heterocycles. The highest BCUT2D eigenvalue weighted by Crippen LogP contribution is 2.20. The second kappa shape index (κ2) is 4.11. The number of aryl methyl sites for hydroxylation is 1. The van der Waals surface area contributed by atoms with E-state index in [1.807, 2.05) is 12.1 Å². The first-order valence-corrected chi connectivity index (χ1v) is 5.78. The van der Waals surface area contributed by atoms with E-state index in [9.17, 15) is 4.79 Å². The molecule has 0 N–H and O–H groups in total. The monoisotopic (exact) mass is 236 g/mol. The number of pyridine rings is 1. The Morgan fingerprint density at radius 1 is 1.11 bits per heavy atom. The third kappa shape index (κ3) is 1.80. The van der Waals surface area contributed by atoms with Crippen LogP contribution in [0.25, 0.3) is 16.8 Å². The normalized spacial score (nSPS) is 10.7. The van der Waals surface area contributed by atoms with Gasteiger partial charge in [-0.25, -0.2) is 4.52 Å². The van der Waals surface area contributed by atoms with Gasteiger partial charge in [0.15, 0.2) is 0 Å². The second-order valence-corrected chi connectivity index (χ2v) is 4.34. The van der Waals surface area contributed by atoms with Crippen molar-refractivity contribution in [3.05, 3.63) is 59.8 Å². The lowest BCUT2D eigenvalue weighted by Gasteiger charge is -1.96. The minimum Gasteiger partial charge on any atom is -0.298 e. The molecule has 0 radical (unpaired) electrons. The van der Waals surface area contributed by atoms with Gasteiger partial charge in [0.25, 0.3) is 0 Å². The molecule has 0 aliphatic heterocycles. The molecule has 3 nitrogen and oxygen atoms in total. The molecule has 0 unspecified atom stereocenters. The van der Waals surface area contributed by atoms with Crippen molar-refractivity contribution in [1.82, 2.24) is 9.61 Å². The molecule has 0 bridgehead atoms. The highest BCUT2D eigenvalue weighted by molar-refractivity contribution is 5.78. The molecule has 2 heterocycles. The minimum absolute atomic E-state index is 0.665. The van der Waals surface area contributed by atoms with E-state index in [4.69, 9.17) is 0 Å². The van der Waals surface area contributed by atoms with Crippen LogP contribution < -0.4 is 0 Å². The number of benzene rings is 1. The second-order valence-electron chi connectivity index (χ2n) is 4.34. The van der Waals surface area contributed by atoms with E-state index in [1.54, 1.807) is 16.8 Å². The SMILES string of the molecule is Cc1ccc(-c2cc3cc(C=O)ccn3n2)cc1. The first-order valence-electron chi connectivity index (χ1n) is 5.78. The third-order valence-electron chi connectivity index (χ3n) is 2.97. The van der Waals surface area contributed by atoms with Gasteiger partial charge in [-0.15, -0.1) is 0 Å². The Morgan fingerprint density at radius 2 is 1.89 bits per heavy atom. The van der Waals surface area contributed by atoms with Crippen molar-refractivity contribution in [3.8, 4) is 11.3 Å². The van der Waals surface area contributed by atoms with Gasteiger partial charge in [-0.3, -0.25) is 4.79 Å². The van der Waals surface area contributed by atoms with Crippen molar-refractivity contribution < 1.29 is 4.79 Å². The summed E-state index contributed by atoms with van der Waals surface area (Å²) in [4.78, 5) is 10.7. The number of aldehydes is 1. The van der Waals surface area contributed by atoms with Crippen LogP contribution in [0.1, 0.15) is 15.9 Å². The molecule has 0 saturated carbocycles. The maximum atomic E-state index is 10.7. The standard InChI is InChI=1S/C15H12N2O/c1-11-2-4-13(5-3-11)15-9-14-8-12(10-18)6-7-17(14)16-15/h2-10H,1H3. The summed E-state index contributed by atoms with van der Waals surface area (Å²) >= 11 is 0. The van der Waals surface area contributed by atoms with Gasteiger partial charge in [-0.2, -0.15) is 5.10 Å². The lowest BCUT2D eigenvalue weighted by atomic mass is 10.1. The highest BCUT2D eigenvalue weighted by Gasteiger charge is 2.04. The molecule has 0 fully saturated rings. The fourth-order valence-corrected chi connectivity index (χ4v) is 1.95. The van der Waals surface area contributed by atoms with E-state index in [1.165, 1.54) is 5.56 Å². The Morgan fingerprint density at radius 3 is 2.61 bits per heavy atom. The van der Waals surface area contributed by atoms with E-state index in [-0.39, 0.29) is 0 Å². The first kappa shape index (κ1) is 10.7. The van der Waals surface area contributed by atoms with Crippen LogP contribution in [0, 0.1) is 6.92 Å². The third-order valence-corrected chi connectivity index (χ3v) is 2.97. The minimum atomic E-state index is 0.665. The molecule has 18 heavy (non-hydrogen) atoms. The lowest BCUT2D eigenvalue weighted by molar-refractivity contribution is 0.112. The smallest absolute Gasteiger partial charge is 0.150 e. The zero-order valence-corrected chi connectivity index (χ0v) is 10.00. The zero-order valence-electron chi connectivity index (χ0n) is 10.00. The molecule has 0 atom stereocenters. The van der Waals surface area contributed by atoms with Crippen LogP contribution in [0.5, 0.6) is 0 Å². The number of nitrogens with zero attached hydrogens (tertiary/aromatic N) is 2. The number of rotatable bonds is 2. The van der Waals surface area contributed by atoms with E-state index in [2.05, 4.69) is 36.3 Å². The lowest BCUT2D eigenvalue weighted by Crippen LogP contribution is -1.88. The van der Waals surface area contributed by atoms with Crippen molar-refractivity contribution >= 4 is 11.8 Å². The van der Waals surface area contributed by atoms with Gasteiger partial charge in [0.05, 0.1) is 11.2 Å². The number of carbonyl (C=O) groups excluding carboxylic acids is 1. The summed E-state index contributed by atoms with van der Waals surface area (Å²) in [6, 6.07) is 13.8. The van der Waals surface area contributed by atoms with Crippen LogP contribution in [-0.4, -0.2) is 15.9 Å². The Bertz CT molecular complexity index is 711. The number of carbonyl (C=O) groups is 1. The summed E-state index contributed by atoms with van der Waals surface area (Å²) in [5.41, 5.74) is 4.81. The Balaban J connectivity index is 2.12. The van der Waals surface area contributed by atoms with Crippen LogP contribution in [0.15, 0.2) is 48.7 Å². The summed E-state index contributed by atoms with van der Waals surface area (Å²) in [5, 5.41) is 4.49. The van der Waals surface area contributed by atoms with Crippen LogP contribution >= 0.6 is 0 Å². The molecule has 3 aromatic rings. The predicted octanol–water partition coefficient (Wildman–Crippen LogP) is 3.12. The first-order chi connectivity index (χ1) is 8.76. The average molecular weight is 236 g/mol. The quantitative estimate of drug-likeness (QED) is 0.641. The summed E-state index contributed by atoms with van der Waals surface area (Å²) < 4.78 is 1.78. The van der Waals surface area contributed by atoms with Crippen molar-refractivity contribution in [3.63, 3.8) is 0 Å².